The van der Waals surface area contributed by atoms with E-state index in [4.69, 9.17) is 4.42 Å². The number of hydrogen-bond donors (Lipinski definition) is 2. The number of nitrogens with one attached hydrogen (secondary N) is 2. The Morgan fingerprint density at radius 3 is 2.90 bits per heavy atom. The Morgan fingerprint density at radius 1 is 1.80 bits per heavy atom. The summed E-state index contributed by atoms with van der Waals surface area (Å²) in [7, 11) is 1.81. The molecule has 0 amide bonds. The molecule has 1 aromatic rings. The second-order valence-electron chi connectivity index (χ2n) is 1.54. The molecule has 10 heavy (non-hydrogen) atoms. The second-order valence-corrected chi connectivity index (χ2v) is 1.91. The van der Waals surface area contributed by atoms with E-state index in [0.717, 1.165) is 0 Å². The fourth-order valence-electron chi connectivity index (χ4n) is 0.487. The highest BCUT2D eigenvalue weighted by Crippen LogP contribution is 1.91. The zero-order valence-electron chi connectivity index (χ0n) is 5.38. The molecule has 1 rings (SSSR count). The van der Waals surface area contributed by atoms with Crippen LogP contribution < -0.4 is 5.32 Å². The van der Waals surface area contributed by atoms with Crippen LogP contribution in [0.5, 0.6) is 0 Å². The number of aromatic amines is 1. The van der Waals surface area contributed by atoms with Crippen LogP contribution in [0.15, 0.2) is 4.42 Å². The molecule has 0 spiro atoms. The minimum atomic E-state index is 0. The van der Waals surface area contributed by atoms with Crippen molar-refractivity contribution >= 4 is 24.6 Å². The van der Waals surface area contributed by atoms with Gasteiger partial charge in [-0.1, -0.05) is 0 Å². The minimum absolute atomic E-state index is 0. The van der Waals surface area contributed by atoms with Crippen molar-refractivity contribution in [1.29, 1.82) is 0 Å². The molecule has 2 N–H and O–H groups in total. The molecule has 4 nitrogen and oxygen atoms in total. The standard InChI is InChI=1S/C4H7N3OS.ClH/c1-5-2-3-6-7-4(9)8-3;/h5H,2H2,1H3,(H,7,9);1H. The smallest absolute Gasteiger partial charge is 0.284 e. The molecule has 1 aromatic heterocycles. The number of H-pyrrole nitrogens is 1. The summed E-state index contributed by atoms with van der Waals surface area (Å²) < 4.78 is 4.91. The maximum absolute atomic E-state index is 4.91. The molecular weight excluding hydrogens is 174 g/mol. The largest absolute Gasteiger partial charge is 0.413 e. The lowest BCUT2D eigenvalue weighted by Gasteiger charge is -1.86. The van der Waals surface area contributed by atoms with E-state index in [0.29, 0.717) is 17.3 Å². The highest BCUT2D eigenvalue weighted by Gasteiger charge is 1.93. The van der Waals surface area contributed by atoms with E-state index in [1.165, 1.54) is 0 Å². The lowest BCUT2D eigenvalue weighted by molar-refractivity contribution is 0.468. The highest BCUT2D eigenvalue weighted by molar-refractivity contribution is 7.71. The Hall–Kier alpha value is -0.390. The molecule has 0 aliphatic carbocycles. The quantitative estimate of drug-likeness (QED) is 0.665. The van der Waals surface area contributed by atoms with Crippen molar-refractivity contribution in [2.75, 3.05) is 7.05 Å². The fourth-order valence-corrected chi connectivity index (χ4v) is 0.629. The second kappa shape index (κ2) is 4.43. The number of halogens is 1. The molecule has 0 fully saturated rings. The zero-order chi connectivity index (χ0) is 6.69. The molecule has 0 aliphatic heterocycles. The van der Waals surface area contributed by atoms with Gasteiger partial charge in [0.1, 0.15) is 0 Å². The molecule has 0 bridgehead atoms. The van der Waals surface area contributed by atoms with Crippen LogP contribution in [-0.4, -0.2) is 17.2 Å². The third-order valence-electron chi connectivity index (χ3n) is 0.810. The zero-order valence-corrected chi connectivity index (χ0v) is 7.01. The lowest BCUT2D eigenvalue weighted by atomic mass is 10.7. The molecule has 0 saturated carbocycles. The Kier molecular flexibility index (Phi) is 4.26. The SMILES string of the molecule is CNCc1n[nH]c(=S)o1.Cl. The van der Waals surface area contributed by atoms with Crippen molar-refractivity contribution in [3.63, 3.8) is 0 Å². The highest BCUT2D eigenvalue weighted by atomic mass is 35.5. The van der Waals surface area contributed by atoms with E-state index in [9.17, 15) is 0 Å². The van der Waals surface area contributed by atoms with Crippen molar-refractivity contribution in [3.05, 3.63) is 10.7 Å². The van der Waals surface area contributed by atoms with Crippen LogP contribution in [-0.2, 0) is 6.54 Å². The van der Waals surface area contributed by atoms with E-state index >= 15 is 0 Å². The van der Waals surface area contributed by atoms with E-state index in [2.05, 4.69) is 27.7 Å². The fraction of sp³-hybridized carbons (Fsp3) is 0.500. The number of rotatable bonds is 2. The van der Waals surface area contributed by atoms with Gasteiger partial charge in [0.25, 0.3) is 4.84 Å². The van der Waals surface area contributed by atoms with Crippen molar-refractivity contribution < 1.29 is 4.42 Å². The van der Waals surface area contributed by atoms with Gasteiger partial charge in [-0.2, -0.15) is 0 Å². The summed E-state index contributed by atoms with van der Waals surface area (Å²) >= 11 is 4.63. The molecule has 6 heteroatoms. The molecule has 1 heterocycles. The van der Waals surface area contributed by atoms with Crippen LogP contribution >= 0.6 is 24.6 Å². The van der Waals surface area contributed by atoms with Crippen LogP contribution in [0.4, 0.5) is 0 Å². The van der Waals surface area contributed by atoms with Crippen molar-refractivity contribution in [3.8, 4) is 0 Å². The van der Waals surface area contributed by atoms with Gasteiger partial charge < -0.3 is 9.73 Å². The maximum atomic E-state index is 4.91. The first-order valence-corrected chi connectivity index (χ1v) is 2.92. The summed E-state index contributed by atoms with van der Waals surface area (Å²) in [5.74, 6) is 0.586. The first kappa shape index (κ1) is 9.61. The third kappa shape index (κ3) is 2.47. The Labute approximate surface area is 69.4 Å². The summed E-state index contributed by atoms with van der Waals surface area (Å²) in [4.78, 5) is 0.320. The van der Waals surface area contributed by atoms with Gasteiger partial charge >= 0.3 is 0 Å². The summed E-state index contributed by atoms with van der Waals surface area (Å²) in [6.07, 6.45) is 0. The first-order chi connectivity index (χ1) is 4.33. The predicted molar refractivity (Wildman–Crippen MR) is 41.7 cm³/mol. The van der Waals surface area contributed by atoms with E-state index in [1.54, 1.807) is 0 Å². The van der Waals surface area contributed by atoms with E-state index < -0.39 is 0 Å². The summed E-state index contributed by atoms with van der Waals surface area (Å²) in [5, 5.41) is 9.13. The van der Waals surface area contributed by atoms with E-state index in [-0.39, 0.29) is 12.4 Å². The van der Waals surface area contributed by atoms with Crippen molar-refractivity contribution in [2.24, 2.45) is 0 Å². The Bertz CT molecular complexity index is 232. The molecule has 0 unspecified atom stereocenters. The van der Waals surface area contributed by atoms with Crippen molar-refractivity contribution in [2.45, 2.75) is 6.54 Å². The van der Waals surface area contributed by atoms with Gasteiger partial charge in [-0.25, -0.2) is 5.10 Å². The molecule has 0 atom stereocenters. The van der Waals surface area contributed by atoms with Gasteiger partial charge in [-0.05, 0) is 19.3 Å². The summed E-state index contributed by atoms with van der Waals surface area (Å²) in [6, 6.07) is 0. The molecule has 0 aliphatic rings. The molecule has 58 valence electrons. The van der Waals surface area contributed by atoms with E-state index in [1.807, 2.05) is 7.05 Å². The lowest BCUT2D eigenvalue weighted by Crippen LogP contribution is -2.04. The Balaban J connectivity index is 0.000000810. The van der Waals surface area contributed by atoms with Gasteiger partial charge in [0, 0.05) is 0 Å². The monoisotopic (exact) mass is 181 g/mol. The first-order valence-electron chi connectivity index (χ1n) is 2.52. The number of aromatic nitrogens is 2. The number of nitrogens with zero attached hydrogens (tertiary/aromatic N) is 1. The molecule has 0 aromatic carbocycles. The van der Waals surface area contributed by atoms with Gasteiger partial charge in [0.15, 0.2) is 0 Å². The number of hydrogen-bond acceptors (Lipinski definition) is 4. The van der Waals surface area contributed by atoms with Crippen LogP contribution in [0, 0.1) is 4.84 Å². The van der Waals surface area contributed by atoms with Crippen LogP contribution in [0.2, 0.25) is 0 Å². The van der Waals surface area contributed by atoms with Crippen LogP contribution in [0.25, 0.3) is 0 Å². The maximum Gasteiger partial charge on any atom is 0.284 e. The molecule has 0 radical (unpaired) electrons. The minimum Gasteiger partial charge on any atom is -0.413 e. The van der Waals surface area contributed by atoms with Crippen LogP contribution in [0.1, 0.15) is 5.89 Å². The third-order valence-corrected chi connectivity index (χ3v) is 0.985. The topological polar surface area (TPSA) is 53.9 Å². The van der Waals surface area contributed by atoms with Crippen LogP contribution in [0.3, 0.4) is 0 Å². The molecular formula is C4H8ClN3OS. The molecule has 0 saturated heterocycles. The summed E-state index contributed by atoms with van der Waals surface area (Å²) in [6.45, 7) is 0.604. The average Bonchev–Trinajstić information content (AvgIpc) is 2.17. The Morgan fingerprint density at radius 2 is 2.50 bits per heavy atom. The van der Waals surface area contributed by atoms with Gasteiger partial charge in [0.05, 0.1) is 6.54 Å². The average molecular weight is 182 g/mol. The van der Waals surface area contributed by atoms with Gasteiger partial charge in [-0.3, -0.25) is 0 Å². The van der Waals surface area contributed by atoms with Gasteiger partial charge in [-0.15, -0.1) is 17.5 Å². The summed E-state index contributed by atoms with van der Waals surface area (Å²) in [5.41, 5.74) is 0. The van der Waals surface area contributed by atoms with Crippen molar-refractivity contribution in [1.82, 2.24) is 15.5 Å². The van der Waals surface area contributed by atoms with Gasteiger partial charge in [0.2, 0.25) is 5.89 Å². The normalized spacial score (nSPS) is 8.90. The predicted octanol–water partition coefficient (Wildman–Crippen LogP) is 0.873.